The number of carbonyl (C=O) groups is 2. The van der Waals surface area contributed by atoms with Gasteiger partial charge in [-0.3, -0.25) is 9.59 Å². The van der Waals surface area contributed by atoms with E-state index in [0.29, 0.717) is 28.5 Å². The molecule has 0 bridgehead atoms. The van der Waals surface area contributed by atoms with Crippen molar-refractivity contribution in [3.05, 3.63) is 111 Å². The van der Waals surface area contributed by atoms with Crippen molar-refractivity contribution in [2.24, 2.45) is 0 Å². The van der Waals surface area contributed by atoms with E-state index in [4.69, 9.17) is 26.0 Å². The first-order valence-electron chi connectivity index (χ1n) is 11.6. The number of nitrogens with zero attached hydrogens (tertiary/aromatic N) is 1. The molecule has 0 aliphatic heterocycles. The van der Waals surface area contributed by atoms with E-state index in [1.54, 1.807) is 19.9 Å². The number of aryl methyl sites for hydroxylation is 1. The fourth-order valence-electron chi connectivity index (χ4n) is 4.11. The van der Waals surface area contributed by atoms with E-state index in [-0.39, 0.29) is 12.8 Å². The Hall–Kier alpha value is -3.90. The molecule has 1 heterocycles. The SMILES string of the molecule is Cc1noc(-c2ccc(Cc3cccc(CC(=O)O)c3)cc2)c1CC(=O)OC(C)c1ccccc1Cl. The van der Waals surface area contributed by atoms with Crippen LogP contribution in [-0.4, -0.2) is 22.2 Å². The lowest BCUT2D eigenvalue weighted by Crippen LogP contribution is -2.12. The lowest BCUT2D eigenvalue weighted by atomic mass is 9.99. The van der Waals surface area contributed by atoms with E-state index in [0.717, 1.165) is 27.8 Å². The Morgan fingerprint density at radius 1 is 0.972 bits per heavy atom. The Morgan fingerprint density at radius 3 is 2.42 bits per heavy atom. The largest absolute Gasteiger partial charge is 0.481 e. The fraction of sp³-hybridized carbons (Fsp3) is 0.207. The Kier molecular flexibility index (Phi) is 7.86. The second kappa shape index (κ2) is 11.2. The quantitative estimate of drug-likeness (QED) is 0.267. The summed E-state index contributed by atoms with van der Waals surface area (Å²) in [4.78, 5) is 23.7. The molecular formula is C29H26ClNO5. The molecule has 1 N–H and O–H groups in total. The smallest absolute Gasteiger partial charge is 0.311 e. The van der Waals surface area contributed by atoms with Crippen LogP contribution in [0.5, 0.6) is 0 Å². The molecule has 0 saturated carbocycles. The minimum absolute atomic E-state index is 0.000000462. The third-order valence-electron chi connectivity index (χ3n) is 5.93. The zero-order valence-corrected chi connectivity index (χ0v) is 20.8. The number of halogens is 1. The van der Waals surface area contributed by atoms with Crippen LogP contribution in [0.1, 0.15) is 46.5 Å². The van der Waals surface area contributed by atoms with Crippen molar-refractivity contribution in [1.29, 1.82) is 0 Å². The van der Waals surface area contributed by atoms with Crippen LogP contribution in [0, 0.1) is 6.92 Å². The molecule has 6 nitrogen and oxygen atoms in total. The zero-order valence-electron chi connectivity index (χ0n) is 20.0. The Morgan fingerprint density at radius 2 is 1.69 bits per heavy atom. The number of benzene rings is 3. The van der Waals surface area contributed by atoms with Gasteiger partial charge >= 0.3 is 11.9 Å². The average molecular weight is 504 g/mol. The first-order chi connectivity index (χ1) is 17.3. The van der Waals surface area contributed by atoms with Crippen LogP contribution in [-0.2, 0) is 33.6 Å². The van der Waals surface area contributed by atoms with Crippen molar-refractivity contribution >= 4 is 23.5 Å². The number of ether oxygens (including phenoxy) is 1. The van der Waals surface area contributed by atoms with E-state index in [2.05, 4.69) is 5.16 Å². The molecule has 0 radical (unpaired) electrons. The van der Waals surface area contributed by atoms with Crippen molar-refractivity contribution in [2.45, 2.75) is 39.2 Å². The van der Waals surface area contributed by atoms with Crippen LogP contribution in [0.4, 0.5) is 0 Å². The second-order valence-corrected chi connectivity index (χ2v) is 9.08. The number of carbonyl (C=O) groups excluding carboxylic acids is 1. The lowest BCUT2D eigenvalue weighted by molar-refractivity contribution is -0.147. The second-order valence-electron chi connectivity index (χ2n) is 8.67. The highest BCUT2D eigenvalue weighted by molar-refractivity contribution is 6.31. The maximum Gasteiger partial charge on any atom is 0.311 e. The van der Waals surface area contributed by atoms with Crippen LogP contribution in [0.3, 0.4) is 0 Å². The number of rotatable bonds is 9. The molecule has 0 aliphatic carbocycles. The fourth-order valence-corrected chi connectivity index (χ4v) is 4.40. The van der Waals surface area contributed by atoms with Crippen molar-refractivity contribution in [3.8, 4) is 11.3 Å². The zero-order chi connectivity index (χ0) is 25.7. The van der Waals surface area contributed by atoms with Crippen LogP contribution in [0.25, 0.3) is 11.3 Å². The minimum atomic E-state index is -0.850. The summed E-state index contributed by atoms with van der Waals surface area (Å²) in [5.74, 6) is -0.713. The van der Waals surface area contributed by atoms with E-state index in [9.17, 15) is 9.59 Å². The number of aromatic nitrogens is 1. The van der Waals surface area contributed by atoms with Gasteiger partial charge in [0.25, 0.3) is 0 Å². The molecule has 7 heteroatoms. The van der Waals surface area contributed by atoms with Gasteiger partial charge in [-0.2, -0.15) is 0 Å². The third kappa shape index (κ3) is 6.20. The monoisotopic (exact) mass is 503 g/mol. The van der Waals surface area contributed by atoms with Crippen molar-refractivity contribution in [2.75, 3.05) is 0 Å². The summed E-state index contributed by atoms with van der Waals surface area (Å²) in [6.07, 6.45) is 0.211. The molecule has 0 amide bonds. The van der Waals surface area contributed by atoms with Gasteiger partial charge in [-0.25, -0.2) is 0 Å². The van der Waals surface area contributed by atoms with Gasteiger partial charge in [-0.1, -0.05) is 83.5 Å². The van der Waals surface area contributed by atoms with Gasteiger partial charge in [0.2, 0.25) is 0 Å². The first kappa shape index (κ1) is 25.2. The molecule has 4 aromatic rings. The number of hydrogen-bond donors (Lipinski definition) is 1. The molecule has 3 aromatic carbocycles. The van der Waals surface area contributed by atoms with Gasteiger partial charge in [-0.05, 0) is 43.0 Å². The average Bonchev–Trinajstić information content (AvgIpc) is 3.19. The molecule has 36 heavy (non-hydrogen) atoms. The predicted octanol–water partition coefficient (Wildman–Crippen LogP) is 6.37. The maximum absolute atomic E-state index is 12.7. The van der Waals surface area contributed by atoms with Gasteiger partial charge < -0.3 is 14.4 Å². The summed E-state index contributed by atoms with van der Waals surface area (Å²) in [7, 11) is 0. The molecule has 184 valence electrons. The first-order valence-corrected chi connectivity index (χ1v) is 12.0. The third-order valence-corrected chi connectivity index (χ3v) is 6.27. The van der Waals surface area contributed by atoms with Gasteiger partial charge in [-0.15, -0.1) is 0 Å². The highest BCUT2D eigenvalue weighted by Gasteiger charge is 2.21. The van der Waals surface area contributed by atoms with Gasteiger partial charge in [0.1, 0.15) is 6.10 Å². The Bertz CT molecular complexity index is 1380. The Balaban J connectivity index is 1.45. The summed E-state index contributed by atoms with van der Waals surface area (Å²) < 4.78 is 11.2. The van der Waals surface area contributed by atoms with Gasteiger partial charge in [0.15, 0.2) is 5.76 Å². The van der Waals surface area contributed by atoms with E-state index in [1.807, 2.05) is 66.7 Å². The number of hydrogen-bond acceptors (Lipinski definition) is 5. The predicted molar refractivity (Wildman–Crippen MR) is 137 cm³/mol. The van der Waals surface area contributed by atoms with Crippen molar-refractivity contribution < 1.29 is 24.0 Å². The van der Waals surface area contributed by atoms with Crippen LogP contribution >= 0.6 is 11.6 Å². The normalized spacial score (nSPS) is 11.8. The Labute approximate surface area is 214 Å². The molecule has 0 saturated heterocycles. The molecule has 4 rings (SSSR count). The molecule has 0 fully saturated rings. The van der Waals surface area contributed by atoms with E-state index < -0.39 is 18.0 Å². The maximum atomic E-state index is 12.7. The highest BCUT2D eigenvalue weighted by Crippen LogP contribution is 2.29. The summed E-state index contributed by atoms with van der Waals surface area (Å²) in [6, 6.07) is 22.7. The van der Waals surface area contributed by atoms with E-state index >= 15 is 0 Å². The molecule has 1 unspecified atom stereocenters. The topological polar surface area (TPSA) is 89.6 Å². The number of carboxylic acids is 1. The molecular weight excluding hydrogens is 478 g/mol. The van der Waals surface area contributed by atoms with Gasteiger partial charge in [0, 0.05) is 21.7 Å². The van der Waals surface area contributed by atoms with Crippen LogP contribution in [0.2, 0.25) is 5.02 Å². The standard InChI is InChI=1S/C29H26ClNO5/c1-18-25(17-28(34)35-19(2)24-8-3-4-9-26(24)30)29(36-31-18)23-12-10-20(11-13-23)14-21-6-5-7-22(15-21)16-27(32)33/h3-13,15,19H,14,16-17H2,1-2H3,(H,32,33). The minimum Gasteiger partial charge on any atom is -0.481 e. The molecule has 0 aliphatic rings. The number of carboxylic acid groups (broad SMARTS) is 1. The van der Waals surface area contributed by atoms with Crippen LogP contribution in [0.15, 0.2) is 77.3 Å². The summed E-state index contributed by atoms with van der Waals surface area (Å²) in [6.45, 7) is 3.59. The summed E-state index contributed by atoms with van der Waals surface area (Å²) in [5, 5.41) is 13.6. The summed E-state index contributed by atoms with van der Waals surface area (Å²) >= 11 is 6.23. The van der Waals surface area contributed by atoms with Crippen molar-refractivity contribution in [3.63, 3.8) is 0 Å². The number of aliphatic carboxylic acids is 1. The molecule has 1 atom stereocenters. The number of esters is 1. The lowest BCUT2D eigenvalue weighted by Gasteiger charge is -2.15. The van der Waals surface area contributed by atoms with Crippen LogP contribution < -0.4 is 0 Å². The molecule has 1 aromatic heterocycles. The van der Waals surface area contributed by atoms with Gasteiger partial charge in [0.05, 0.1) is 18.5 Å². The highest BCUT2D eigenvalue weighted by atomic mass is 35.5. The van der Waals surface area contributed by atoms with Crippen molar-refractivity contribution in [1.82, 2.24) is 5.16 Å². The molecule has 0 spiro atoms. The van der Waals surface area contributed by atoms with E-state index in [1.165, 1.54) is 0 Å². The summed E-state index contributed by atoms with van der Waals surface area (Å²) in [5.41, 5.74) is 5.74.